The van der Waals surface area contributed by atoms with E-state index in [0.29, 0.717) is 6.42 Å². The molecule has 0 aliphatic carbocycles. The van der Waals surface area contributed by atoms with E-state index in [4.69, 9.17) is 4.55 Å². The number of hydrogen-bond acceptors (Lipinski definition) is 4. The minimum Gasteiger partial charge on any atom is -0.862 e. The van der Waals surface area contributed by atoms with Gasteiger partial charge in [-0.25, -0.2) is 0 Å². The molecule has 0 aliphatic heterocycles. The molecule has 0 fully saturated rings. The standard InChI is InChI=1S/C18H37NO4S.K/c1-2-3-4-5-6-7-8-9-10-11-12-13-15-18(20)19-16-14-17-24(21,22)23;/h2-17H2,1H3,(H,19,20)(H,21,22,23);/q;+1/p-1. The van der Waals surface area contributed by atoms with Crippen LogP contribution < -0.4 is 56.5 Å². The van der Waals surface area contributed by atoms with Crippen LogP contribution in [-0.4, -0.2) is 31.2 Å². The predicted molar refractivity (Wildman–Crippen MR) is 99.0 cm³/mol. The molecule has 0 aromatic rings. The SMILES string of the molecule is CCCCCCCCCCCCCCC([O-])=NCCCS(=O)(=O)O.[K+]. The molecule has 7 heteroatoms. The van der Waals surface area contributed by atoms with Gasteiger partial charge in [0, 0.05) is 6.54 Å². The van der Waals surface area contributed by atoms with Crippen LogP contribution >= 0.6 is 0 Å². The summed E-state index contributed by atoms with van der Waals surface area (Å²) >= 11 is 0. The van der Waals surface area contributed by atoms with E-state index in [1.165, 1.54) is 64.2 Å². The summed E-state index contributed by atoms with van der Waals surface area (Å²) in [7, 11) is -3.93. The van der Waals surface area contributed by atoms with E-state index in [0.717, 1.165) is 12.8 Å². The maximum absolute atomic E-state index is 11.5. The smallest absolute Gasteiger partial charge is 0.862 e. The van der Waals surface area contributed by atoms with Gasteiger partial charge in [0.25, 0.3) is 10.1 Å². The summed E-state index contributed by atoms with van der Waals surface area (Å²) in [5, 5.41) is 11.5. The molecule has 0 heterocycles. The summed E-state index contributed by atoms with van der Waals surface area (Å²) < 4.78 is 29.6. The molecule has 0 aliphatic rings. The minimum absolute atomic E-state index is 0. The summed E-state index contributed by atoms with van der Waals surface area (Å²) in [6, 6.07) is 0. The van der Waals surface area contributed by atoms with E-state index in [2.05, 4.69) is 11.9 Å². The summed E-state index contributed by atoms with van der Waals surface area (Å²) in [6.45, 7) is 2.42. The molecule has 0 atom stereocenters. The molecule has 0 aromatic heterocycles. The second-order valence-corrected chi connectivity index (χ2v) is 8.13. The van der Waals surface area contributed by atoms with Crippen molar-refractivity contribution in [2.45, 2.75) is 96.8 Å². The van der Waals surface area contributed by atoms with Crippen molar-refractivity contribution in [1.82, 2.24) is 0 Å². The maximum atomic E-state index is 11.5. The Bertz CT molecular complexity index is 413. The molecule has 144 valence electrons. The van der Waals surface area contributed by atoms with Gasteiger partial charge in [-0.2, -0.15) is 8.42 Å². The maximum Gasteiger partial charge on any atom is 1.00 e. The third-order valence-corrected chi connectivity index (χ3v) is 4.90. The van der Waals surface area contributed by atoms with Crippen molar-refractivity contribution < 1.29 is 69.5 Å². The number of nitrogens with zero attached hydrogens (tertiary/aromatic N) is 1. The molecule has 0 bridgehead atoms. The molecule has 0 spiro atoms. The molecule has 0 saturated carbocycles. The van der Waals surface area contributed by atoms with Crippen LogP contribution in [0.1, 0.15) is 96.8 Å². The van der Waals surface area contributed by atoms with Crippen LogP contribution in [0.25, 0.3) is 0 Å². The van der Waals surface area contributed by atoms with Gasteiger partial charge < -0.3 is 10.1 Å². The predicted octanol–water partition coefficient (Wildman–Crippen LogP) is 1.12. The van der Waals surface area contributed by atoms with E-state index in [9.17, 15) is 13.5 Å². The van der Waals surface area contributed by atoms with Gasteiger partial charge in [-0.05, 0) is 25.2 Å². The van der Waals surface area contributed by atoms with E-state index >= 15 is 0 Å². The molecule has 0 radical (unpaired) electrons. The fourth-order valence-corrected chi connectivity index (χ4v) is 3.14. The summed E-state index contributed by atoms with van der Waals surface area (Å²) in [5.41, 5.74) is 0. The van der Waals surface area contributed by atoms with Crippen molar-refractivity contribution in [1.29, 1.82) is 0 Å². The molecule has 0 saturated heterocycles. The third-order valence-electron chi connectivity index (χ3n) is 4.09. The second kappa shape index (κ2) is 19.8. The minimum atomic E-state index is -3.93. The van der Waals surface area contributed by atoms with Gasteiger partial charge in [0.2, 0.25) is 0 Å². The number of hydrogen-bond donors (Lipinski definition) is 1. The van der Waals surface area contributed by atoms with E-state index in [1.807, 2.05) is 0 Å². The Kier molecular flexibility index (Phi) is 22.3. The molecular formula is C18H36KNO4S. The Balaban J connectivity index is 0. The largest absolute Gasteiger partial charge is 1.00 e. The van der Waals surface area contributed by atoms with Crippen LogP contribution in [0.2, 0.25) is 0 Å². The first kappa shape index (κ1) is 28.2. The third kappa shape index (κ3) is 25.0. The average Bonchev–Trinajstić information content (AvgIpc) is 2.52. The fraction of sp³-hybridized carbons (Fsp3) is 0.944. The van der Waals surface area contributed by atoms with Crippen molar-refractivity contribution in [3.63, 3.8) is 0 Å². The Morgan fingerprint density at radius 2 is 1.28 bits per heavy atom. The Hall–Kier alpha value is 1.02. The van der Waals surface area contributed by atoms with Crippen LogP contribution in [0.4, 0.5) is 0 Å². The molecule has 1 N–H and O–H groups in total. The van der Waals surface area contributed by atoms with E-state index < -0.39 is 10.1 Å². The van der Waals surface area contributed by atoms with Crippen molar-refractivity contribution >= 4 is 16.0 Å². The first-order chi connectivity index (χ1) is 11.5. The number of unbranched alkanes of at least 4 members (excludes halogenated alkanes) is 11. The molecule has 0 rings (SSSR count). The Morgan fingerprint density at radius 1 is 0.840 bits per heavy atom. The normalized spacial score (nSPS) is 12.2. The zero-order chi connectivity index (χ0) is 18.1. The molecule has 0 amide bonds. The fourth-order valence-electron chi connectivity index (χ4n) is 2.65. The van der Waals surface area contributed by atoms with Gasteiger partial charge in [0.1, 0.15) is 0 Å². The Morgan fingerprint density at radius 3 is 1.72 bits per heavy atom. The monoisotopic (exact) mass is 401 g/mol. The van der Waals surface area contributed by atoms with Crippen molar-refractivity contribution in [2.24, 2.45) is 4.99 Å². The zero-order valence-electron chi connectivity index (χ0n) is 16.3. The number of aliphatic imine (C=N–C) groups is 1. The van der Waals surface area contributed by atoms with Gasteiger partial charge >= 0.3 is 51.4 Å². The molecule has 0 unspecified atom stereocenters. The first-order valence-corrected chi connectivity index (χ1v) is 11.2. The molecular weight excluding hydrogens is 365 g/mol. The molecule has 0 aromatic carbocycles. The van der Waals surface area contributed by atoms with Crippen LogP contribution in [0.5, 0.6) is 0 Å². The average molecular weight is 402 g/mol. The topological polar surface area (TPSA) is 89.8 Å². The van der Waals surface area contributed by atoms with Crippen LogP contribution in [-0.2, 0) is 10.1 Å². The van der Waals surface area contributed by atoms with Crippen molar-refractivity contribution in [3.8, 4) is 0 Å². The van der Waals surface area contributed by atoms with E-state index in [1.54, 1.807) is 0 Å². The second-order valence-electron chi connectivity index (χ2n) is 6.55. The van der Waals surface area contributed by atoms with Crippen molar-refractivity contribution in [3.05, 3.63) is 0 Å². The van der Waals surface area contributed by atoms with Crippen LogP contribution in [0.3, 0.4) is 0 Å². The summed E-state index contributed by atoms with van der Waals surface area (Å²) in [4.78, 5) is 3.80. The van der Waals surface area contributed by atoms with E-state index in [-0.39, 0.29) is 76.0 Å². The Labute approximate surface area is 197 Å². The van der Waals surface area contributed by atoms with Crippen LogP contribution in [0, 0.1) is 0 Å². The molecule has 5 nitrogen and oxygen atoms in total. The van der Waals surface area contributed by atoms with Gasteiger partial charge in [-0.1, -0.05) is 77.6 Å². The summed E-state index contributed by atoms with van der Waals surface area (Å²) in [6.07, 6.45) is 15.8. The van der Waals surface area contributed by atoms with Gasteiger partial charge in [-0.3, -0.25) is 4.55 Å². The zero-order valence-corrected chi connectivity index (χ0v) is 20.3. The van der Waals surface area contributed by atoms with Gasteiger partial charge in [0.05, 0.1) is 5.75 Å². The van der Waals surface area contributed by atoms with Crippen molar-refractivity contribution in [2.75, 3.05) is 12.3 Å². The first-order valence-electron chi connectivity index (χ1n) is 9.61. The van der Waals surface area contributed by atoms with Gasteiger partial charge in [0.15, 0.2) is 0 Å². The van der Waals surface area contributed by atoms with Gasteiger partial charge in [-0.15, -0.1) is 0 Å². The quantitative estimate of drug-likeness (QED) is 0.130. The molecule has 25 heavy (non-hydrogen) atoms. The summed E-state index contributed by atoms with van der Waals surface area (Å²) in [5.74, 6) is -0.486. The number of rotatable bonds is 17. The van der Waals surface area contributed by atoms with Crippen LogP contribution in [0.15, 0.2) is 4.99 Å².